The fraction of sp³-hybridized carbons (Fsp3) is 0.480. The van der Waals surface area contributed by atoms with E-state index in [4.69, 9.17) is 22.3 Å². The molecule has 2 saturated heterocycles. The van der Waals surface area contributed by atoms with E-state index < -0.39 is 5.97 Å². The van der Waals surface area contributed by atoms with Crippen LogP contribution in [0.15, 0.2) is 28.0 Å². The third-order valence-corrected chi connectivity index (χ3v) is 7.95. The van der Waals surface area contributed by atoms with Gasteiger partial charge in [-0.25, -0.2) is 4.98 Å². The van der Waals surface area contributed by atoms with Gasteiger partial charge in [-0.05, 0) is 37.5 Å². The Kier molecular flexibility index (Phi) is 8.95. The first-order valence-electron chi connectivity index (χ1n) is 12.4. The summed E-state index contributed by atoms with van der Waals surface area (Å²) in [5, 5.41) is 18.1. The zero-order valence-corrected chi connectivity index (χ0v) is 22.4. The number of thioether (sulfide) groups is 1. The number of carbonyl (C=O) groups is 2. The molecule has 0 unspecified atom stereocenters. The maximum atomic E-state index is 13.7. The van der Waals surface area contributed by atoms with Crippen LogP contribution in [0.4, 0.5) is 5.82 Å². The summed E-state index contributed by atoms with van der Waals surface area (Å²) in [6.45, 7) is 5.78. The zero-order chi connectivity index (χ0) is 26.5. The van der Waals surface area contributed by atoms with Crippen LogP contribution in [0, 0.1) is 6.92 Å². The third-order valence-electron chi connectivity index (χ3n) is 6.57. The minimum absolute atomic E-state index is 0.0986. The van der Waals surface area contributed by atoms with Crippen molar-refractivity contribution >= 4 is 57.7 Å². The monoisotopic (exact) mass is 545 g/mol. The van der Waals surface area contributed by atoms with E-state index in [1.807, 2.05) is 13.0 Å². The van der Waals surface area contributed by atoms with E-state index in [9.17, 15) is 19.5 Å². The van der Waals surface area contributed by atoms with Crippen molar-refractivity contribution in [2.45, 2.75) is 32.6 Å². The lowest BCUT2D eigenvalue weighted by molar-refractivity contribution is -0.137. The first-order valence-corrected chi connectivity index (χ1v) is 13.6. The number of nitrogens with zero attached hydrogens (tertiary/aromatic N) is 5. The molecule has 198 valence electrons. The highest BCUT2D eigenvalue weighted by molar-refractivity contribution is 8.26. The van der Waals surface area contributed by atoms with Crippen LogP contribution in [-0.4, -0.2) is 91.5 Å². The Balaban J connectivity index is 1.63. The van der Waals surface area contributed by atoms with Gasteiger partial charge in [-0.2, -0.15) is 0 Å². The summed E-state index contributed by atoms with van der Waals surface area (Å²) in [5.41, 5.74) is 1.55. The molecule has 1 amide bonds. The van der Waals surface area contributed by atoms with Gasteiger partial charge in [-0.15, -0.1) is 0 Å². The van der Waals surface area contributed by atoms with Gasteiger partial charge < -0.3 is 15.1 Å². The molecule has 0 aromatic carbocycles. The van der Waals surface area contributed by atoms with E-state index in [2.05, 4.69) is 9.80 Å². The van der Waals surface area contributed by atoms with Crippen LogP contribution in [-0.2, 0) is 9.59 Å². The maximum Gasteiger partial charge on any atom is 0.303 e. The number of aliphatic hydroxyl groups excluding tert-OH is 1. The van der Waals surface area contributed by atoms with Crippen molar-refractivity contribution < 1.29 is 19.8 Å². The van der Waals surface area contributed by atoms with Gasteiger partial charge in [0.2, 0.25) is 0 Å². The number of piperazine rings is 1. The number of amides is 1. The van der Waals surface area contributed by atoms with Crippen molar-refractivity contribution in [2.24, 2.45) is 0 Å². The van der Waals surface area contributed by atoms with E-state index in [0.29, 0.717) is 71.7 Å². The van der Waals surface area contributed by atoms with Crippen LogP contribution in [0.5, 0.6) is 0 Å². The Bertz CT molecular complexity index is 1290. The number of anilines is 1. The fourth-order valence-electron chi connectivity index (χ4n) is 4.54. The van der Waals surface area contributed by atoms with Crippen molar-refractivity contribution in [3.05, 3.63) is 44.7 Å². The van der Waals surface area contributed by atoms with Crippen LogP contribution in [0.25, 0.3) is 11.7 Å². The maximum absolute atomic E-state index is 13.7. The normalized spacial score (nSPS) is 17.9. The number of hydrogen-bond acceptors (Lipinski definition) is 9. The van der Waals surface area contributed by atoms with Crippen LogP contribution in [0.1, 0.15) is 36.8 Å². The van der Waals surface area contributed by atoms with Crippen molar-refractivity contribution in [3.8, 4) is 0 Å². The van der Waals surface area contributed by atoms with E-state index >= 15 is 0 Å². The second kappa shape index (κ2) is 12.2. The van der Waals surface area contributed by atoms with Gasteiger partial charge in [-0.3, -0.25) is 28.6 Å². The Morgan fingerprint density at radius 2 is 1.92 bits per heavy atom. The van der Waals surface area contributed by atoms with Gasteiger partial charge >= 0.3 is 5.97 Å². The number of β-amino-alcohol motifs (C(OH)–C–C–N with tert-alkyl or cyclic N) is 1. The average Bonchev–Trinajstić information content (AvgIpc) is 3.13. The second-order valence-corrected chi connectivity index (χ2v) is 10.8. The number of aromatic nitrogens is 2. The summed E-state index contributed by atoms with van der Waals surface area (Å²) in [6, 6.07) is 3.71. The molecule has 0 spiro atoms. The molecule has 0 atom stereocenters. The van der Waals surface area contributed by atoms with Gasteiger partial charge in [-0.1, -0.05) is 36.5 Å². The van der Waals surface area contributed by atoms with E-state index in [1.54, 1.807) is 18.3 Å². The van der Waals surface area contributed by atoms with Crippen LogP contribution >= 0.6 is 24.0 Å². The highest BCUT2D eigenvalue weighted by Gasteiger charge is 2.33. The second-order valence-electron chi connectivity index (χ2n) is 9.13. The number of carboxylic acid groups (broad SMARTS) is 1. The van der Waals surface area contributed by atoms with Crippen molar-refractivity contribution in [3.63, 3.8) is 0 Å². The summed E-state index contributed by atoms with van der Waals surface area (Å²) < 4.78 is 1.94. The number of carbonyl (C=O) groups excluding carboxylic acids is 1. The molecule has 2 aliphatic rings. The molecule has 2 aliphatic heterocycles. The Morgan fingerprint density at radius 1 is 1.16 bits per heavy atom. The molecule has 2 aromatic rings. The standard InChI is InChI=1S/C25H31N5O5S2/c1-17-6-5-9-29-21(17)26-22(28-12-10-27(11-13-28)14-15-31)18(23(29)34)16-19-24(35)30(25(36)37-19)8-4-2-3-7-20(32)33/h5-6,9,16,31H,2-4,7-8,10-15H2,1H3,(H,32,33). The summed E-state index contributed by atoms with van der Waals surface area (Å²) in [4.78, 5) is 48.6. The Hall–Kier alpha value is -2.80. The molecule has 2 N–H and O–H groups in total. The third kappa shape index (κ3) is 6.20. The van der Waals surface area contributed by atoms with E-state index in [-0.39, 0.29) is 24.5 Å². The molecular formula is C25H31N5O5S2. The minimum atomic E-state index is -0.829. The molecular weight excluding hydrogens is 514 g/mol. The molecule has 0 saturated carbocycles. The number of unbranched alkanes of at least 4 members (excludes halogenated alkanes) is 2. The van der Waals surface area contributed by atoms with E-state index in [0.717, 1.165) is 18.7 Å². The van der Waals surface area contributed by atoms with Crippen molar-refractivity contribution in [1.82, 2.24) is 19.2 Å². The molecule has 10 nitrogen and oxygen atoms in total. The number of aliphatic hydroxyl groups is 1. The highest BCUT2D eigenvalue weighted by atomic mass is 32.2. The van der Waals surface area contributed by atoms with Gasteiger partial charge in [0.15, 0.2) is 0 Å². The molecule has 12 heteroatoms. The minimum Gasteiger partial charge on any atom is -0.481 e. The summed E-state index contributed by atoms with van der Waals surface area (Å²) >= 11 is 6.62. The predicted octanol–water partition coefficient (Wildman–Crippen LogP) is 1.96. The number of pyridine rings is 1. The molecule has 0 radical (unpaired) electrons. The number of hydrogen-bond donors (Lipinski definition) is 2. The summed E-state index contributed by atoms with van der Waals surface area (Å²) in [6.07, 6.45) is 5.28. The first-order chi connectivity index (χ1) is 17.8. The largest absolute Gasteiger partial charge is 0.481 e. The Morgan fingerprint density at radius 3 is 2.62 bits per heavy atom. The van der Waals surface area contributed by atoms with E-state index in [1.165, 1.54) is 21.1 Å². The molecule has 0 bridgehead atoms. The lowest BCUT2D eigenvalue weighted by Gasteiger charge is -2.35. The smallest absolute Gasteiger partial charge is 0.303 e. The quantitative estimate of drug-likeness (QED) is 0.261. The van der Waals surface area contributed by atoms with Crippen molar-refractivity contribution in [1.29, 1.82) is 0 Å². The number of carboxylic acids is 1. The molecule has 4 rings (SSSR count). The highest BCUT2D eigenvalue weighted by Crippen LogP contribution is 2.34. The first kappa shape index (κ1) is 27.2. The number of aryl methyl sites for hydroxylation is 1. The number of rotatable bonds is 10. The Labute approximate surface area is 224 Å². The molecule has 37 heavy (non-hydrogen) atoms. The van der Waals surface area contributed by atoms with Gasteiger partial charge in [0.1, 0.15) is 15.8 Å². The van der Waals surface area contributed by atoms with Crippen molar-refractivity contribution in [2.75, 3.05) is 50.8 Å². The average molecular weight is 546 g/mol. The lowest BCUT2D eigenvalue weighted by Crippen LogP contribution is -2.48. The lowest BCUT2D eigenvalue weighted by atomic mass is 10.2. The summed E-state index contributed by atoms with van der Waals surface area (Å²) in [7, 11) is 0. The molecule has 4 heterocycles. The summed E-state index contributed by atoms with van der Waals surface area (Å²) in [5.74, 6) is -0.535. The number of thiocarbonyl (C=S) groups is 1. The predicted molar refractivity (Wildman–Crippen MR) is 148 cm³/mol. The van der Waals surface area contributed by atoms with Crippen LogP contribution < -0.4 is 10.5 Å². The topological polar surface area (TPSA) is 119 Å². The van der Waals surface area contributed by atoms with Crippen LogP contribution in [0.2, 0.25) is 0 Å². The molecule has 2 aromatic heterocycles. The van der Waals surface area contributed by atoms with Gasteiger partial charge in [0.05, 0.1) is 17.1 Å². The SMILES string of the molecule is Cc1cccn2c(=O)c(C=C3SC(=S)N(CCCCCC(=O)O)C3=O)c(N3CCN(CCO)CC3)nc12. The molecule has 2 fully saturated rings. The zero-order valence-electron chi connectivity index (χ0n) is 20.8. The van der Waals surface area contributed by atoms with Gasteiger partial charge in [0, 0.05) is 51.9 Å². The van der Waals surface area contributed by atoms with Gasteiger partial charge in [0.25, 0.3) is 11.5 Å². The van der Waals surface area contributed by atoms with Crippen LogP contribution in [0.3, 0.4) is 0 Å². The fourth-order valence-corrected chi connectivity index (χ4v) is 5.83. The number of fused-ring (bicyclic) bond motifs is 1. The number of aliphatic carboxylic acids is 1. The molecule has 0 aliphatic carbocycles.